The molecule has 5 nitrogen and oxygen atoms in total. The molecule has 0 fully saturated rings. The fraction of sp³-hybridized carbons (Fsp3) is 0.312. The topological polar surface area (TPSA) is 86.0 Å². The molecule has 2 aromatic rings. The normalized spacial score (nSPS) is 10.0. The summed E-state index contributed by atoms with van der Waals surface area (Å²) in [5, 5.41) is 20.3. The average molecular weight is 401 g/mol. The molecule has 0 spiro atoms. The minimum absolute atomic E-state index is 0. The number of rotatable bonds is 5. The minimum Gasteiger partial charge on any atom is 1.00 e. The second-order valence-electron chi connectivity index (χ2n) is 5.25. The van der Waals surface area contributed by atoms with E-state index in [2.05, 4.69) is 11.1 Å². The van der Waals surface area contributed by atoms with E-state index in [9.17, 15) is 15.2 Å². The summed E-state index contributed by atoms with van der Waals surface area (Å²) in [7, 11) is 0. The molecule has 0 radical (unpaired) electrons. The van der Waals surface area contributed by atoms with Crippen LogP contribution in [0.1, 0.15) is 34.3 Å². The van der Waals surface area contributed by atoms with Crippen molar-refractivity contribution in [2.24, 2.45) is 5.92 Å². The number of hydrogen-bond acceptors (Lipinski definition) is 5. The molecule has 0 atom stereocenters. The van der Waals surface area contributed by atoms with Gasteiger partial charge in [-0.2, -0.15) is 0 Å². The molecule has 0 saturated carbocycles. The number of nitrogens with zero attached hydrogens (tertiary/aromatic N) is 2. The van der Waals surface area contributed by atoms with Gasteiger partial charge in [0.25, 0.3) is 0 Å². The van der Waals surface area contributed by atoms with E-state index in [1.807, 2.05) is 19.9 Å². The first-order chi connectivity index (χ1) is 10.4. The molecule has 0 aliphatic rings. The van der Waals surface area contributed by atoms with Crippen LogP contribution in [0, 0.1) is 24.2 Å². The molecule has 1 aromatic carbocycles. The fourth-order valence-corrected chi connectivity index (χ4v) is 3.72. The van der Waals surface area contributed by atoms with Gasteiger partial charge in [-0.1, -0.05) is 0 Å². The molecule has 7 heteroatoms. The van der Waals surface area contributed by atoms with Crippen molar-refractivity contribution in [3.05, 3.63) is 33.9 Å². The first-order valence-corrected chi connectivity index (χ1v) is 8.49. The number of benzene rings is 1. The number of hydrogen-bond donors (Lipinski definition) is 0. The molecule has 0 unspecified atom stereocenters. The Bertz CT molecular complexity index is 750. The van der Waals surface area contributed by atoms with Crippen molar-refractivity contribution in [1.29, 1.82) is 5.26 Å². The molecular formula is C16H15KN2O3Se. The molecule has 0 aliphatic carbocycles. The Hall–Kier alpha value is -0.454. The summed E-state index contributed by atoms with van der Waals surface area (Å²) in [6.07, 6.45) is 0. The van der Waals surface area contributed by atoms with E-state index in [-0.39, 0.29) is 55.8 Å². The molecule has 0 amide bonds. The summed E-state index contributed by atoms with van der Waals surface area (Å²) < 4.78 is 6.56. The van der Waals surface area contributed by atoms with Crippen molar-refractivity contribution < 1.29 is 66.0 Å². The van der Waals surface area contributed by atoms with Crippen LogP contribution in [0.2, 0.25) is 0 Å². The fourth-order valence-electron chi connectivity index (χ4n) is 1.84. The zero-order chi connectivity index (χ0) is 16.3. The summed E-state index contributed by atoms with van der Waals surface area (Å²) in [5.74, 6) is -0.268. The maximum atomic E-state index is 11.0. The van der Waals surface area contributed by atoms with Crippen LogP contribution in [0.5, 0.6) is 5.75 Å². The van der Waals surface area contributed by atoms with Crippen LogP contribution < -0.4 is 61.2 Å². The van der Waals surface area contributed by atoms with Gasteiger partial charge in [0.15, 0.2) is 0 Å². The van der Waals surface area contributed by atoms with Gasteiger partial charge in [0.2, 0.25) is 0 Å². The van der Waals surface area contributed by atoms with Gasteiger partial charge in [-0.25, -0.2) is 0 Å². The number of carbonyl (C=O) groups excluding carboxylic acids is 1. The molecule has 114 valence electrons. The average Bonchev–Trinajstić information content (AvgIpc) is 2.87. The summed E-state index contributed by atoms with van der Waals surface area (Å²) >= 11 is -0.407. The summed E-state index contributed by atoms with van der Waals surface area (Å²) in [4.78, 5) is 15.3. The molecule has 2 rings (SSSR count). The first kappa shape index (κ1) is 20.6. The maximum Gasteiger partial charge on any atom is 1.00 e. The van der Waals surface area contributed by atoms with Crippen molar-refractivity contribution in [3.8, 4) is 22.0 Å². The molecule has 0 aliphatic heterocycles. The van der Waals surface area contributed by atoms with E-state index in [4.69, 9.17) is 4.74 Å². The van der Waals surface area contributed by atoms with Gasteiger partial charge in [-0.05, 0) is 0 Å². The van der Waals surface area contributed by atoms with E-state index < -0.39 is 20.5 Å². The number of carboxylic acids is 1. The molecule has 0 bridgehead atoms. The SMILES string of the molecule is Cc1nc(-c2ccc(OCC(C)C)c(C#N)c2)[se]c1C(=O)[O-].[K+]. The van der Waals surface area contributed by atoms with Crippen LogP contribution in [-0.2, 0) is 0 Å². The van der Waals surface area contributed by atoms with Crippen molar-refractivity contribution in [3.63, 3.8) is 0 Å². The number of aryl methyl sites for hydroxylation is 1. The van der Waals surface area contributed by atoms with Gasteiger partial charge in [-0.3, -0.25) is 0 Å². The Morgan fingerprint density at radius 3 is 2.70 bits per heavy atom. The zero-order valence-electron chi connectivity index (χ0n) is 13.5. The van der Waals surface area contributed by atoms with Crippen molar-refractivity contribution in [1.82, 2.24) is 4.98 Å². The smallest absolute Gasteiger partial charge is 1.00 e. The number of ether oxygens (including phenoxy) is 1. The Morgan fingerprint density at radius 1 is 1.48 bits per heavy atom. The van der Waals surface area contributed by atoms with Gasteiger partial charge < -0.3 is 0 Å². The van der Waals surface area contributed by atoms with Crippen LogP contribution in [-0.4, -0.2) is 32.1 Å². The predicted octanol–water partition coefficient (Wildman–Crippen LogP) is -1.61. The van der Waals surface area contributed by atoms with E-state index in [1.165, 1.54) is 0 Å². The molecule has 23 heavy (non-hydrogen) atoms. The number of carbonyl (C=O) groups is 1. The summed E-state index contributed by atoms with van der Waals surface area (Å²) in [6.45, 7) is 6.26. The van der Waals surface area contributed by atoms with Crippen molar-refractivity contribution in [2.75, 3.05) is 6.61 Å². The Labute approximate surface area is 183 Å². The molecule has 1 heterocycles. The van der Waals surface area contributed by atoms with E-state index >= 15 is 0 Å². The van der Waals surface area contributed by atoms with Gasteiger partial charge in [0.05, 0.1) is 0 Å². The van der Waals surface area contributed by atoms with Crippen LogP contribution >= 0.6 is 0 Å². The Kier molecular flexibility index (Phi) is 8.18. The quantitative estimate of drug-likeness (QED) is 0.563. The number of aromatic nitrogens is 1. The Balaban J connectivity index is 0.00000264. The maximum absolute atomic E-state index is 11.0. The molecular weight excluding hydrogens is 386 g/mol. The van der Waals surface area contributed by atoms with Crippen LogP contribution in [0.25, 0.3) is 10.1 Å². The minimum atomic E-state index is -1.17. The van der Waals surface area contributed by atoms with E-state index in [0.29, 0.717) is 34.1 Å². The molecule has 1 aromatic heterocycles. The van der Waals surface area contributed by atoms with E-state index in [0.717, 1.165) is 5.56 Å². The van der Waals surface area contributed by atoms with E-state index in [1.54, 1.807) is 19.1 Å². The molecule has 0 N–H and O–H groups in total. The van der Waals surface area contributed by atoms with Gasteiger partial charge in [0, 0.05) is 0 Å². The van der Waals surface area contributed by atoms with Crippen LogP contribution in [0.15, 0.2) is 18.2 Å². The first-order valence-electron chi connectivity index (χ1n) is 6.78. The van der Waals surface area contributed by atoms with Crippen molar-refractivity contribution in [2.45, 2.75) is 20.8 Å². The Morgan fingerprint density at radius 2 is 2.17 bits per heavy atom. The number of aromatic carboxylic acids is 1. The van der Waals surface area contributed by atoms with Crippen LogP contribution in [0.3, 0.4) is 0 Å². The van der Waals surface area contributed by atoms with Crippen molar-refractivity contribution >= 4 is 20.5 Å². The van der Waals surface area contributed by atoms with Gasteiger partial charge in [-0.15, -0.1) is 0 Å². The molecule has 0 saturated heterocycles. The third-order valence-electron chi connectivity index (χ3n) is 2.90. The van der Waals surface area contributed by atoms with Gasteiger partial charge in [0.1, 0.15) is 0 Å². The third kappa shape index (κ3) is 5.26. The standard InChI is InChI=1S/C16H16N2O3Se.K/c1-9(2)8-21-13-5-4-11(6-12(13)7-17)15-18-10(3)14(22-15)16(19)20;/h4-6,9H,8H2,1-3H3,(H,19,20);/q;+1/p-1. The number of nitriles is 1. The number of carboxylic acid groups (broad SMARTS) is 1. The second-order valence-corrected chi connectivity index (χ2v) is 7.34. The largest absolute Gasteiger partial charge is 1.00 e. The summed E-state index contributed by atoms with van der Waals surface area (Å²) in [6, 6.07) is 7.35. The monoisotopic (exact) mass is 402 g/mol. The van der Waals surface area contributed by atoms with Gasteiger partial charge >= 0.3 is 186 Å². The third-order valence-corrected chi connectivity index (χ3v) is 5.39. The summed E-state index contributed by atoms with van der Waals surface area (Å²) in [5.41, 5.74) is 1.66. The van der Waals surface area contributed by atoms with Crippen LogP contribution in [0.4, 0.5) is 0 Å². The zero-order valence-corrected chi connectivity index (χ0v) is 18.4. The second kappa shape index (κ2) is 9.14. The predicted molar refractivity (Wildman–Crippen MR) is 80.7 cm³/mol.